The van der Waals surface area contributed by atoms with E-state index in [1.807, 2.05) is 0 Å². The molecule has 0 unspecified atom stereocenters. The molecule has 0 spiro atoms. The average Bonchev–Trinajstić information content (AvgIpc) is 2.72. The van der Waals surface area contributed by atoms with Crippen molar-refractivity contribution < 1.29 is 14.3 Å². The summed E-state index contributed by atoms with van der Waals surface area (Å²) in [6.07, 6.45) is 9.04. The Morgan fingerprint density at radius 2 is 2.22 bits per heavy atom. The van der Waals surface area contributed by atoms with Gasteiger partial charge in [0.1, 0.15) is 6.10 Å². The van der Waals surface area contributed by atoms with Crippen LogP contribution in [-0.2, 0) is 14.3 Å². The van der Waals surface area contributed by atoms with E-state index in [1.54, 1.807) is 0 Å². The van der Waals surface area contributed by atoms with Crippen LogP contribution in [0, 0.1) is 29.6 Å². The quantitative estimate of drug-likeness (QED) is 0.413. The van der Waals surface area contributed by atoms with Crippen LogP contribution in [0.4, 0.5) is 0 Å². The Hall–Kier alpha value is -1.01. The van der Waals surface area contributed by atoms with Gasteiger partial charge in [-0.15, -0.1) is 6.42 Å². The monoisotopic (exact) mass is 250 g/mol. The first-order valence-electron chi connectivity index (χ1n) is 6.84. The van der Waals surface area contributed by atoms with Crippen LogP contribution in [0.25, 0.3) is 0 Å². The second kappa shape index (κ2) is 4.93. The molecule has 2 aliphatic rings. The van der Waals surface area contributed by atoms with Crippen LogP contribution in [0.1, 0.15) is 46.5 Å². The van der Waals surface area contributed by atoms with Crippen LogP contribution < -0.4 is 0 Å². The van der Waals surface area contributed by atoms with E-state index in [0.717, 1.165) is 25.7 Å². The molecule has 0 bridgehead atoms. The maximum atomic E-state index is 11.6. The molecule has 0 radical (unpaired) electrons. The highest BCUT2D eigenvalue weighted by molar-refractivity contribution is 5.80. The highest BCUT2D eigenvalue weighted by Crippen LogP contribution is 2.64. The third-order valence-electron chi connectivity index (χ3n) is 4.24. The molecule has 0 aromatic heterocycles. The highest BCUT2D eigenvalue weighted by atomic mass is 16.7. The summed E-state index contributed by atoms with van der Waals surface area (Å²) in [6, 6.07) is 0. The second-order valence-corrected chi connectivity index (χ2v) is 5.92. The number of carbonyl (C=O) groups excluding carboxylic acids is 1. The number of rotatable bonds is 6. The zero-order valence-electron chi connectivity index (χ0n) is 11.4. The lowest BCUT2D eigenvalue weighted by Crippen LogP contribution is -2.27. The molecule has 100 valence electrons. The van der Waals surface area contributed by atoms with Gasteiger partial charge in [-0.25, -0.2) is 0 Å². The molecular weight excluding hydrogens is 228 g/mol. The normalized spacial score (nSPS) is 33.4. The van der Waals surface area contributed by atoms with E-state index in [1.165, 1.54) is 0 Å². The largest absolute Gasteiger partial charge is 0.435 e. The minimum atomic E-state index is -0.430. The first kappa shape index (κ1) is 13.4. The number of terminal acetylenes is 1. The Kier molecular flexibility index (Phi) is 3.68. The van der Waals surface area contributed by atoms with Crippen molar-refractivity contribution in [1.29, 1.82) is 0 Å². The van der Waals surface area contributed by atoms with E-state index in [4.69, 9.17) is 15.9 Å². The summed E-state index contributed by atoms with van der Waals surface area (Å²) in [5, 5.41) is 0. The fourth-order valence-corrected chi connectivity index (χ4v) is 2.94. The Bertz CT molecular complexity index is 366. The molecule has 3 nitrogen and oxygen atoms in total. The van der Waals surface area contributed by atoms with Gasteiger partial charge < -0.3 is 9.47 Å². The Balaban J connectivity index is 1.86. The molecule has 1 aliphatic carbocycles. The van der Waals surface area contributed by atoms with Crippen molar-refractivity contribution in [3.63, 3.8) is 0 Å². The van der Waals surface area contributed by atoms with Gasteiger partial charge in [0.25, 0.3) is 0 Å². The van der Waals surface area contributed by atoms with Gasteiger partial charge >= 0.3 is 5.97 Å². The van der Waals surface area contributed by atoms with E-state index >= 15 is 0 Å². The van der Waals surface area contributed by atoms with Crippen molar-refractivity contribution in [2.24, 2.45) is 17.3 Å². The molecule has 2 rings (SSSR count). The average molecular weight is 250 g/mol. The third kappa shape index (κ3) is 2.27. The molecule has 1 heterocycles. The summed E-state index contributed by atoms with van der Waals surface area (Å²) in [5.74, 6) is 2.73. The Labute approximate surface area is 109 Å². The number of hydrogen-bond donors (Lipinski definition) is 0. The van der Waals surface area contributed by atoms with Crippen molar-refractivity contribution in [3.05, 3.63) is 0 Å². The van der Waals surface area contributed by atoms with Crippen LogP contribution in [0.15, 0.2) is 0 Å². The predicted octanol–water partition coefficient (Wildman–Crippen LogP) is 2.74. The Morgan fingerprint density at radius 3 is 2.72 bits per heavy atom. The van der Waals surface area contributed by atoms with Gasteiger partial charge in [-0.2, -0.15) is 0 Å². The highest BCUT2D eigenvalue weighted by Gasteiger charge is 2.72. The standard InChI is InChI=1S/C15H22O3/c1-5-7-8-9-10(6-2)17-14-12-11(13(16)18-14)15(12,3)4/h2,10-12,14H,5,7-9H2,1,3-4H3/t10-,11+,12-,14-/m1/s1. The third-order valence-corrected chi connectivity index (χ3v) is 4.24. The van der Waals surface area contributed by atoms with Gasteiger partial charge in [-0.3, -0.25) is 4.79 Å². The molecule has 18 heavy (non-hydrogen) atoms. The second-order valence-electron chi connectivity index (χ2n) is 5.92. The molecule has 0 aromatic rings. The number of cyclic esters (lactones) is 1. The van der Waals surface area contributed by atoms with Gasteiger partial charge in [0.05, 0.1) is 5.92 Å². The molecule has 1 saturated heterocycles. The van der Waals surface area contributed by atoms with Crippen LogP contribution in [0.3, 0.4) is 0 Å². The number of fused-ring (bicyclic) bond motifs is 1. The Morgan fingerprint density at radius 1 is 1.50 bits per heavy atom. The number of esters is 1. The summed E-state index contributed by atoms with van der Waals surface area (Å²) < 4.78 is 11.0. The molecule has 0 N–H and O–H groups in total. The summed E-state index contributed by atoms with van der Waals surface area (Å²) >= 11 is 0. The first-order valence-corrected chi connectivity index (χ1v) is 6.84. The first-order chi connectivity index (χ1) is 8.52. The predicted molar refractivity (Wildman–Crippen MR) is 68.5 cm³/mol. The van der Waals surface area contributed by atoms with Crippen molar-refractivity contribution >= 4 is 5.97 Å². The van der Waals surface area contributed by atoms with Crippen molar-refractivity contribution in [2.45, 2.75) is 58.8 Å². The molecule has 0 aromatic carbocycles. The van der Waals surface area contributed by atoms with Crippen molar-refractivity contribution in [2.75, 3.05) is 0 Å². The lowest BCUT2D eigenvalue weighted by molar-refractivity contribution is -0.181. The smallest absolute Gasteiger partial charge is 0.312 e. The van der Waals surface area contributed by atoms with E-state index < -0.39 is 6.29 Å². The topological polar surface area (TPSA) is 35.5 Å². The lowest BCUT2D eigenvalue weighted by Gasteiger charge is -2.21. The number of ether oxygens (including phenoxy) is 2. The summed E-state index contributed by atoms with van der Waals surface area (Å²) in [6.45, 7) is 6.32. The fraction of sp³-hybridized carbons (Fsp3) is 0.800. The summed E-state index contributed by atoms with van der Waals surface area (Å²) in [5.41, 5.74) is 0.0164. The van der Waals surface area contributed by atoms with Crippen molar-refractivity contribution in [3.8, 4) is 12.3 Å². The fourth-order valence-electron chi connectivity index (χ4n) is 2.94. The van der Waals surface area contributed by atoms with Crippen LogP contribution >= 0.6 is 0 Å². The van der Waals surface area contributed by atoms with E-state index in [0.29, 0.717) is 0 Å². The minimum absolute atomic E-state index is 0.0107. The molecule has 3 heteroatoms. The molecule has 1 saturated carbocycles. The number of hydrogen-bond acceptors (Lipinski definition) is 3. The molecule has 4 atom stereocenters. The number of carbonyl (C=O) groups is 1. The van der Waals surface area contributed by atoms with Crippen molar-refractivity contribution in [1.82, 2.24) is 0 Å². The van der Waals surface area contributed by atoms with Gasteiger partial charge in [0, 0.05) is 5.92 Å². The van der Waals surface area contributed by atoms with Crippen LogP contribution in [-0.4, -0.2) is 18.4 Å². The minimum Gasteiger partial charge on any atom is -0.435 e. The zero-order chi connectivity index (χ0) is 13.3. The zero-order valence-corrected chi connectivity index (χ0v) is 11.4. The lowest BCUT2D eigenvalue weighted by atomic mass is 10.1. The van der Waals surface area contributed by atoms with Gasteiger partial charge in [0.15, 0.2) is 0 Å². The van der Waals surface area contributed by atoms with Gasteiger partial charge in [-0.05, 0) is 18.3 Å². The maximum absolute atomic E-state index is 11.6. The molecule has 1 aliphatic heterocycles. The van der Waals surface area contributed by atoms with Crippen LogP contribution in [0.5, 0.6) is 0 Å². The molecular formula is C15H22O3. The van der Waals surface area contributed by atoms with Gasteiger partial charge in [0.2, 0.25) is 6.29 Å². The summed E-state index contributed by atoms with van der Waals surface area (Å²) in [7, 11) is 0. The molecule has 2 fully saturated rings. The molecule has 0 amide bonds. The maximum Gasteiger partial charge on any atom is 0.312 e. The SMILES string of the molecule is C#C[C@H](CCCCC)O[C@@H]1OC(=O)[C@@H]2[C@H]1C2(C)C. The number of unbranched alkanes of at least 4 members (excludes halogenated alkanes) is 2. The van der Waals surface area contributed by atoms with E-state index in [2.05, 4.69) is 26.7 Å². The van der Waals surface area contributed by atoms with E-state index in [-0.39, 0.29) is 29.3 Å². The summed E-state index contributed by atoms with van der Waals surface area (Å²) in [4.78, 5) is 11.6. The van der Waals surface area contributed by atoms with Gasteiger partial charge in [-0.1, -0.05) is 39.5 Å². The van der Waals surface area contributed by atoms with Crippen LogP contribution in [0.2, 0.25) is 0 Å². The van der Waals surface area contributed by atoms with E-state index in [9.17, 15) is 4.79 Å².